The van der Waals surface area contributed by atoms with Crippen LogP contribution in [-0.2, 0) is 4.79 Å². The van der Waals surface area contributed by atoms with E-state index in [2.05, 4.69) is 15.3 Å². The molecule has 122 valence electrons. The predicted molar refractivity (Wildman–Crippen MR) is 88.1 cm³/mol. The number of nitrogens with zero attached hydrogens (tertiary/aromatic N) is 1. The average molecular weight is 347 g/mol. The van der Waals surface area contributed by atoms with E-state index in [0.29, 0.717) is 10.9 Å². The van der Waals surface area contributed by atoms with Crippen LogP contribution in [0, 0.1) is 11.6 Å². The molecule has 0 radical (unpaired) electrons. The van der Waals surface area contributed by atoms with Crippen molar-refractivity contribution in [3.63, 3.8) is 0 Å². The number of fused-ring (bicyclic) bond motifs is 1. The molecule has 0 spiro atoms. The second-order valence-corrected chi connectivity index (χ2v) is 5.81. The molecule has 0 fully saturated rings. The van der Waals surface area contributed by atoms with Gasteiger partial charge in [-0.25, -0.2) is 13.8 Å². The number of hydrogen-bond acceptors (Lipinski definition) is 4. The third-order valence-corrected chi connectivity index (χ3v) is 4.01. The highest BCUT2D eigenvalue weighted by Gasteiger charge is 2.10. The molecule has 0 aliphatic rings. The Morgan fingerprint density at radius 3 is 2.83 bits per heavy atom. The average Bonchev–Trinajstić information content (AvgIpc) is 2.56. The summed E-state index contributed by atoms with van der Waals surface area (Å²) in [5.41, 5.74) is -0.0272. The minimum Gasteiger partial charge on any atom is -0.323 e. The lowest BCUT2D eigenvalue weighted by molar-refractivity contribution is -0.113. The molecule has 1 aromatic heterocycles. The molecule has 8 heteroatoms. The van der Waals surface area contributed by atoms with Gasteiger partial charge in [-0.3, -0.25) is 9.59 Å². The minimum absolute atomic E-state index is 0.114. The molecule has 3 aromatic rings. The maximum Gasteiger partial charge on any atom is 0.259 e. The summed E-state index contributed by atoms with van der Waals surface area (Å²) in [6, 6.07) is 9.61. The van der Waals surface area contributed by atoms with Crippen LogP contribution in [0.4, 0.5) is 14.5 Å². The largest absolute Gasteiger partial charge is 0.323 e. The first kappa shape index (κ1) is 16.1. The molecule has 0 atom stereocenters. The Labute approximate surface area is 139 Å². The molecule has 2 aromatic carbocycles. The first-order valence-electron chi connectivity index (χ1n) is 6.90. The first-order valence-corrected chi connectivity index (χ1v) is 7.88. The van der Waals surface area contributed by atoms with Crippen LogP contribution in [0.5, 0.6) is 0 Å². The van der Waals surface area contributed by atoms with E-state index < -0.39 is 17.5 Å². The van der Waals surface area contributed by atoms with Crippen molar-refractivity contribution >= 4 is 34.3 Å². The van der Waals surface area contributed by atoms with E-state index in [9.17, 15) is 18.4 Å². The van der Waals surface area contributed by atoms with Gasteiger partial charge in [-0.15, -0.1) is 0 Å². The Morgan fingerprint density at radius 2 is 2.00 bits per heavy atom. The summed E-state index contributed by atoms with van der Waals surface area (Å²) < 4.78 is 26.5. The summed E-state index contributed by atoms with van der Waals surface area (Å²) in [6.07, 6.45) is 0. The molecular weight excluding hydrogens is 336 g/mol. The van der Waals surface area contributed by atoms with E-state index in [1.54, 1.807) is 24.3 Å². The van der Waals surface area contributed by atoms with Gasteiger partial charge in [0.1, 0.15) is 11.6 Å². The Hall–Kier alpha value is -2.74. The molecule has 0 saturated heterocycles. The van der Waals surface area contributed by atoms with Gasteiger partial charge in [-0.2, -0.15) is 0 Å². The maximum absolute atomic E-state index is 13.5. The fraction of sp³-hybridized carbons (Fsp3) is 0.0625. The third-order valence-electron chi connectivity index (χ3n) is 3.13. The number of H-pyrrole nitrogens is 1. The topological polar surface area (TPSA) is 74.8 Å². The molecule has 5 nitrogen and oxygen atoms in total. The van der Waals surface area contributed by atoms with Crippen LogP contribution in [0.15, 0.2) is 52.4 Å². The van der Waals surface area contributed by atoms with Crippen molar-refractivity contribution in [2.75, 3.05) is 11.1 Å². The number of thioether (sulfide) groups is 1. The van der Waals surface area contributed by atoms with Gasteiger partial charge in [-0.1, -0.05) is 23.9 Å². The molecule has 1 heterocycles. The Bertz CT molecular complexity index is 975. The maximum atomic E-state index is 13.5. The highest BCUT2D eigenvalue weighted by atomic mass is 32.2. The molecule has 0 saturated carbocycles. The molecule has 0 unspecified atom stereocenters. The van der Waals surface area contributed by atoms with E-state index in [1.807, 2.05) is 0 Å². The van der Waals surface area contributed by atoms with Gasteiger partial charge >= 0.3 is 0 Å². The van der Waals surface area contributed by atoms with Gasteiger partial charge in [0.2, 0.25) is 5.91 Å². The lowest BCUT2D eigenvalue weighted by Gasteiger charge is -2.06. The van der Waals surface area contributed by atoms with Crippen molar-refractivity contribution < 1.29 is 13.6 Å². The van der Waals surface area contributed by atoms with Crippen molar-refractivity contribution in [3.05, 3.63) is 64.5 Å². The van der Waals surface area contributed by atoms with Gasteiger partial charge in [0, 0.05) is 6.07 Å². The fourth-order valence-corrected chi connectivity index (χ4v) is 2.71. The fourth-order valence-electron chi connectivity index (χ4n) is 2.05. The number of para-hydroxylation sites is 1. The van der Waals surface area contributed by atoms with Gasteiger partial charge in [0.05, 0.1) is 22.3 Å². The van der Waals surface area contributed by atoms with Gasteiger partial charge in [-0.05, 0) is 24.3 Å². The molecule has 24 heavy (non-hydrogen) atoms. The van der Waals surface area contributed by atoms with Crippen LogP contribution in [0.3, 0.4) is 0 Å². The molecule has 1 amide bonds. The number of carbonyl (C=O) groups is 1. The SMILES string of the molecule is O=C(CSc1nc2ccccc2c(=O)[nH]1)Nc1cc(F)ccc1F. The van der Waals surface area contributed by atoms with E-state index in [-0.39, 0.29) is 22.2 Å². The number of carbonyl (C=O) groups excluding carboxylic acids is 1. The van der Waals surface area contributed by atoms with E-state index in [0.717, 1.165) is 30.0 Å². The zero-order valence-corrected chi connectivity index (χ0v) is 13.0. The molecule has 0 aliphatic heterocycles. The van der Waals surface area contributed by atoms with Gasteiger partial charge in [0.15, 0.2) is 5.16 Å². The molecule has 0 bridgehead atoms. The van der Waals surface area contributed by atoms with Crippen molar-refractivity contribution in [1.82, 2.24) is 9.97 Å². The van der Waals surface area contributed by atoms with Crippen LogP contribution < -0.4 is 10.9 Å². The lowest BCUT2D eigenvalue weighted by atomic mass is 10.2. The number of amides is 1. The Balaban J connectivity index is 1.70. The van der Waals surface area contributed by atoms with Crippen molar-refractivity contribution in [1.29, 1.82) is 0 Å². The second kappa shape index (κ2) is 6.79. The van der Waals surface area contributed by atoms with Crippen molar-refractivity contribution in [2.24, 2.45) is 0 Å². The number of halogens is 2. The Kier molecular flexibility index (Phi) is 4.57. The van der Waals surface area contributed by atoms with Crippen molar-refractivity contribution in [3.8, 4) is 0 Å². The number of aromatic nitrogens is 2. The minimum atomic E-state index is -0.730. The molecule has 3 rings (SSSR count). The molecular formula is C16H11F2N3O2S. The number of hydrogen-bond donors (Lipinski definition) is 2. The lowest BCUT2D eigenvalue weighted by Crippen LogP contribution is -2.16. The number of benzene rings is 2. The monoisotopic (exact) mass is 347 g/mol. The standard InChI is InChI=1S/C16H11F2N3O2S/c17-9-5-6-11(18)13(7-9)19-14(22)8-24-16-20-12-4-2-1-3-10(12)15(23)21-16/h1-7H,8H2,(H,19,22)(H,20,21,23). The third kappa shape index (κ3) is 3.60. The van der Waals surface area contributed by atoms with Crippen molar-refractivity contribution in [2.45, 2.75) is 5.16 Å². The highest BCUT2D eigenvalue weighted by molar-refractivity contribution is 7.99. The van der Waals surface area contributed by atoms with E-state index in [4.69, 9.17) is 0 Å². The number of aromatic amines is 1. The van der Waals surface area contributed by atoms with E-state index in [1.165, 1.54) is 0 Å². The summed E-state index contributed by atoms with van der Waals surface area (Å²) in [7, 11) is 0. The highest BCUT2D eigenvalue weighted by Crippen LogP contribution is 2.18. The zero-order chi connectivity index (χ0) is 17.1. The summed E-state index contributed by atoms with van der Waals surface area (Å²) in [5.74, 6) is -2.04. The van der Waals surface area contributed by atoms with Crippen LogP contribution >= 0.6 is 11.8 Å². The van der Waals surface area contributed by atoms with Gasteiger partial charge < -0.3 is 10.3 Å². The van der Waals surface area contributed by atoms with Crippen LogP contribution in [0.25, 0.3) is 10.9 Å². The second-order valence-electron chi connectivity index (χ2n) is 4.85. The smallest absolute Gasteiger partial charge is 0.259 e. The number of anilines is 1. The van der Waals surface area contributed by atoms with Crippen LogP contribution in [0.1, 0.15) is 0 Å². The van der Waals surface area contributed by atoms with Crippen LogP contribution in [-0.4, -0.2) is 21.6 Å². The summed E-state index contributed by atoms with van der Waals surface area (Å²) in [6.45, 7) is 0. The summed E-state index contributed by atoms with van der Waals surface area (Å²) in [5, 5.41) is 3.00. The molecule has 0 aliphatic carbocycles. The van der Waals surface area contributed by atoms with Gasteiger partial charge in [0.25, 0.3) is 5.56 Å². The molecule has 2 N–H and O–H groups in total. The quantitative estimate of drug-likeness (QED) is 0.562. The number of rotatable bonds is 4. The number of nitrogens with one attached hydrogen (secondary N) is 2. The normalized spacial score (nSPS) is 10.8. The van der Waals surface area contributed by atoms with Crippen LogP contribution in [0.2, 0.25) is 0 Å². The predicted octanol–water partition coefficient (Wildman–Crippen LogP) is 2.93. The summed E-state index contributed by atoms with van der Waals surface area (Å²) >= 11 is 0.992. The first-order chi connectivity index (χ1) is 11.5. The summed E-state index contributed by atoms with van der Waals surface area (Å²) in [4.78, 5) is 30.6. The van der Waals surface area contributed by atoms with E-state index >= 15 is 0 Å². The Morgan fingerprint density at radius 1 is 1.21 bits per heavy atom. The zero-order valence-electron chi connectivity index (χ0n) is 12.2.